The number of rotatable bonds is 4. The van der Waals surface area contributed by atoms with E-state index in [1.807, 2.05) is 12.1 Å². The van der Waals surface area contributed by atoms with Gasteiger partial charge in [-0.2, -0.15) is 0 Å². The maximum atomic E-state index is 5.88. The Labute approximate surface area is 118 Å². The highest BCUT2D eigenvalue weighted by atomic mass is 16.5. The van der Waals surface area contributed by atoms with Gasteiger partial charge in [-0.25, -0.2) is 0 Å². The van der Waals surface area contributed by atoms with Crippen LogP contribution in [-0.2, 0) is 11.3 Å². The quantitative estimate of drug-likeness (QED) is 0.855. The van der Waals surface area contributed by atoms with Gasteiger partial charge in [0.1, 0.15) is 6.61 Å². The van der Waals surface area contributed by atoms with Gasteiger partial charge in [-0.05, 0) is 30.9 Å². The summed E-state index contributed by atoms with van der Waals surface area (Å²) in [4.78, 5) is 4.04. The van der Waals surface area contributed by atoms with Crippen molar-refractivity contribution in [3.8, 4) is 11.5 Å². The van der Waals surface area contributed by atoms with Gasteiger partial charge in [0.2, 0.25) is 11.8 Å². The van der Waals surface area contributed by atoms with Crippen molar-refractivity contribution in [2.24, 2.45) is 5.92 Å². The Morgan fingerprint density at radius 2 is 2.30 bits per heavy atom. The molecule has 20 heavy (non-hydrogen) atoms. The first kappa shape index (κ1) is 13.2. The summed E-state index contributed by atoms with van der Waals surface area (Å²) in [5.74, 6) is 1.78. The number of ether oxygens (including phenoxy) is 1. The van der Waals surface area contributed by atoms with Gasteiger partial charge in [0.15, 0.2) is 0 Å². The van der Waals surface area contributed by atoms with E-state index in [2.05, 4.69) is 22.1 Å². The van der Waals surface area contributed by atoms with E-state index in [4.69, 9.17) is 9.15 Å². The molecule has 5 nitrogen and oxygen atoms in total. The van der Waals surface area contributed by atoms with Gasteiger partial charge in [0, 0.05) is 12.4 Å². The van der Waals surface area contributed by atoms with Gasteiger partial charge >= 0.3 is 0 Å². The van der Waals surface area contributed by atoms with Crippen molar-refractivity contribution >= 4 is 0 Å². The molecule has 1 saturated carbocycles. The third-order valence-electron chi connectivity index (χ3n) is 3.71. The maximum absolute atomic E-state index is 5.88. The molecule has 1 aliphatic carbocycles. The Balaban J connectivity index is 1.58. The first-order chi connectivity index (χ1) is 9.81. The van der Waals surface area contributed by atoms with E-state index in [0.29, 0.717) is 24.5 Å². The summed E-state index contributed by atoms with van der Waals surface area (Å²) in [6.45, 7) is 2.67. The predicted octanol–water partition coefficient (Wildman–Crippen LogP) is 3.23. The topological polar surface area (TPSA) is 61.0 Å². The summed E-state index contributed by atoms with van der Waals surface area (Å²) in [6.07, 6.45) is 8.57. The standard InChI is InChI=1S/C15H19N3O2/c1-11-4-2-6-13(8-11)19-10-14-17-18-15(20-14)12-5-3-7-16-9-12/h3,5,7,9,11,13H,2,4,6,8,10H2,1H3/t11-,13+/m1/s1. The molecule has 1 fully saturated rings. The molecule has 2 aromatic heterocycles. The molecule has 0 radical (unpaired) electrons. The second-order valence-electron chi connectivity index (χ2n) is 5.45. The van der Waals surface area contributed by atoms with Gasteiger partial charge < -0.3 is 9.15 Å². The minimum atomic E-state index is 0.326. The largest absolute Gasteiger partial charge is 0.418 e. The number of nitrogens with zero attached hydrogens (tertiary/aromatic N) is 3. The van der Waals surface area contributed by atoms with Gasteiger partial charge in [-0.3, -0.25) is 4.98 Å². The fraction of sp³-hybridized carbons (Fsp3) is 0.533. The molecule has 0 aromatic carbocycles. The highest BCUT2D eigenvalue weighted by molar-refractivity contribution is 5.49. The smallest absolute Gasteiger partial charge is 0.249 e. The molecular weight excluding hydrogens is 254 g/mol. The van der Waals surface area contributed by atoms with Crippen LogP contribution in [-0.4, -0.2) is 21.3 Å². The van der Waals surface area contributed by atoms with E-state index in [9.17, 15) is 0 Å². The fourth-order valence-corrected chi connectivity index (χ4v) is 2.64. The molecule has 0 N–H and O–H groups in total. The first-order valence-corrected chi connectivity index (χ1v) is 7.15. The van der Waals surface area contributed by atoms with Crippen molar-refractivity contribution in [1.82, 2.24) is 15.2 Å². The normalized spacial score (nSPS) is 22.9. The van der Waals surface area contributed by atoms with Crippen LogP contribution in [0.3, 0.4) is 0 Å². The van der Waals surface area contributed by atoms with Crippen LogP contribution in [0.25, 0.3) is 11.5 Å². The summed E-state index contributed by atoms with van der Waals surface area (Å²) in [7, 11) is 0. The molecule has 5 heteroatoms. The van der Waals surface area contributed by atoms with Gasteiger partial charge in [0.05, 0.1) is 11.7 Å². The van der Waals surface area contributed by atoms with Crippen molar-refractivity contribution in [2.75, 3.05) is 0 Å². The minimum Gasteiger partial charge on any atom is -0.418 e. The van der Waals surface area contributed by atoms with Crippen LogP contribution in [0.5, 0.6) is 0 Å². The van der Waals surface area contributed by atoms with E-state index in [-0.39, 0.29) is 0 Å². The van der Waals surface area contributed by atoms with Gasteiger partial charge in [0.25, 0.3) is 0 Å². The zero-order valence-corrected chi connectivity index (χ0v) is 11.7. The van der Waals surface area contributed by atoms with E-state index in [1.165, 1.54) is 12.8 Å². The predicted molar refractivity (Wildman–Crippen MR) is 73.7 cm³/mol. The van der Waals surface area contributed by atoms with Gasteiger partial charge in [-0.15, -0.1) is 10.2 Å². The third kappa shape index (κ3) is 3.22. The summed E-state index contributed by atoms with van der Waals surface area (Å²) in [6, 6.07) is 3.74. The lowest BCUT2D eigenvalue weighted by atomic mass is 9.89. The van der Waals surface area contributed by atoms with Crippen molar-refractivity contribution in [2.45, 2.75) is 45.3 Å². The van der Waals surface area contributed by atoms with Crippen molar-refractivity contribution < 1.29 is 9.15 Å². The van der Waals surface area contributed by atoms with Crippen molar-refractivity contribution in [3.05, 3.63) is 30.4 Å². The summed E-state index contributed by atoms with van der Waals surface area (Å²) in [5, 5.41) is 8.06. The minimum absolute atomic E-state index is 0.326. The zero-order chi connectivity index (χ0) is 13.8. The monoisotopic (exact) mass is 273 g/mol. The van der Waals surface area contributed by atoms with E-state index in [0.717, 1.165) is 24.3 Å². The number of pyridine rings is 1. The molecule has 3 rings (SSSR count). The van der Waals surface area contributed by atoms with Gasteiger partial charge in [-0.1, -0.05) is 19.8 Å². The van der Waals surface area contributed by atoms with E-state index >= 15 is 0 Å². The molecule has 0 amide bonds. The van der Waals surface area contributed by atoms with Crippen LogP contribution in [0.1, 0.15) is 38.5 Å². The molecule has 2 atom stereocenters. The number of aromatic nitrogens is 3. The highest BCUT2D eigenvalue weighted by Gasteiger charge is 2.20. The Bertz CT molecular complexity index is 541. The van der Waals surface area contributed by atoms with Crippen LogP contribution in [0.4, 0.5) is 0 Å². The lowest BCUT2D eigenvalue weighted by molar-refractivity contribution is -0.00444. The highest BCUT2D eigenvalue weighted by Crippen LogP contribution is 2.26. The first-order valence-electron chi connectivity index (χ1n) is 7.15. The molecule has 2 heterocycles. The Kier molecular flexibility index (Phi) is 4.06. The van der Waals surface area contributed by atoms with Crippen LogP contribution in [0.15, 0.2) is 28.9 Å². The van der Waals surface area contributed by atoms with Crippen LogP contribution < -0.4 is 0 Å². The number of hydrogen-bond donors (Lipinski definition) is 0. The fourth-order valence-electron chi connectivity index (χ4n) is 2.64. The molecule has 0 saturated heterocycles. The van der Waals surface area contributed by atoms with Crippen molar-refractivity contribution in [1.29, 1.82) is 0 Å². The lowest BCUT2D eigenvalue weighted by Gasteiger charge is -2.26. The van der Waals surface area contributed by atoms with Crippen LogP contribution in [0, 0.1) is 5.92 Å². The average Bonchev–Trinajstić information content (AvgIpc) is 2.95. The third-order valence-corrected chi connectivity index (χ3v) is 3.71. The van der Waals surface area contributed by atoms with E-state index in [1.54, 1.807) is 12.4 Å². The van der Waals surface area contributed by atoms with Crippen LogP contribution >= 0.6 is 0 Å². The van der Waals surface area contributed by atoms with E-state index < -0.39 is 0 Å². The molecular formula is C15H19N3O2. The Hall–Kier alpha value is -1.75. The average molecular weight is 273 g/mol. The van der Waals surface area contributed by atoms with Crippen molar-refractivity contribution in [3.63, 3.8) is 0 Å². The SMILES string of the molecule is C[C@@H]1CCC[C@H](OCc2nnc(-c3cccnc3)o2)C1. The second-order valence-corrected chi connectivity index (χ2v) is 5.45. The molecule has 106 valence electrons. The summed E-state index contributed by atoms with van der Waals surface area (Å²) < 4.78 is 11.5. The molecule has 0 spiro atoms. The molecule has 0 aliphatic heterocycles. The Morgan fingerprint density at radius 1 is 1.35 bits per heavy atom. The zero-order valence-electron chi connectivity index (χ0n) is 11.7. The van der Waals surface area contributed by atoms with Crippen LogP contribution in [0.2, 0.25) is 0 Å². The molecule has 2 aromatic rings. The summed E-state index contributed by atoms with van der Waals surface area (Å²) >= 11 is 0. The molecule has 1 aliphatic rings. The second kappa shape index (κ2) is 6.13. The molecule has 0 bridgehead atoms. The lowest BCUT2D eigenvalue weighted by Crippen LogP contribution is -2.21. The Morgan fingerprint density at radius 3 is 3.10 bits per heavy atom. The number of hydrogen-bond acceptors (Lipinski definition) is 5. The summed E-state index contributed by atoms with van der Waals surface area (Å²) in [5.41, 5.74) is 0.831. The molecule has 0 unspecified atom stereocenters. The maximum Gasteiger partial charge on any atom is 0.249 e.